The van der Waals surface area contributed by atoms with Gasteiger partial charge in [-0.05, 0) is 12.1 Å². The SMILES string of the molecule is COc1cc(OC)cc(C(O)C#N)c1. The average Bonchev–Trinajstić information content (AvgIpc) is 2.27. The van der Waals surface area contributed by atoms with Gasteiger partial charge in [-0.3, -0.25) is 0 Å². The number of benzene rings is 1. The zero-order chi connectivity index (χ0) is 10.6. The molecule has 1 aromatic carbocycles. The Morgan fingerprint density at radius 2 is 1.71 bits per heavy atom. The second kappa shape index (κ2) is 4.49. The van der Waals surface area contributed by atoms with Gasteiger partial charge < -0.3 is 14.6 Å². The third-order valence-electron chi connectivity index (χ3n) is 1.81. The molecule has 0 heterocycles. The van der Waals surface area contributed by atoms with Crippen LogP contribution in [0.15, 0.2) is 18.2 Å². The number of nitrogens with zero attached hydrogens (tertiary/aromatic N) is 1. The average molecular weight is 193 g/mol. The molecule has 1 N–H and O–H groups in total. The highest BCUT2D eigenvalue weighted by atomic mass is 16.5. The minimum Gasteiger partial charge on any atom is -0.497 e. The summed E-state index contributed by atoms with van der Waals surface area (Å²) in [4.78, 5) is 0. The van der Waals surface area contributed by atoms with Gasteiger partial charge in [0.05, 0.1) is 20.3 Å². The molecule has 0 spiro atoms. The van der Waals surface area contributed by atoms with E-state index in [0.717, 1.165) is 0 Å². The van der Waals surface area contributed by atoms with Crippen molar-refractivity contribution in [2.75, 3.05) is 14.2 Å². The van der Waals surface area contributed by atoms with Crippen LogP contribution in [-0.4, -0.2) is 19.3 Å². The van der Waals surface area contributed by atoms with Crippen LogP contribution in [-0.2, 0) is 0 Å². The molecule has 1 atom stereocenters. The van der Waals surface area contributed by atoms with Gasteiger partial charge in [-0.15, -0.1) is 0 Å². The van der Waals surface area contributed by atoms with Crippen molar-refractivity contribution in [3.63, 3.8) is 0 Å². The highest BCUT2D eigenvalue weighted by molar-refractivity contribution is 5.40. The van der Waals surface area contributed by atoms with Gasteiger partial charge in [0, 0.05) is 11.6 Å². The summed E-state index contributed by atoms with van der Waals surface area (Å²) >= 11 is 0. The summed E-state index contributed by atoms with van der Waals surface area (Å²) in [5.74, 6) is 1.10. The number of ether oxygens (including phenoxy) is 2. The van der Waals surface area contributed by atoms with Gasteiger partial charge in [0.1, 0.15) is 11.5 Å². The monoisotopic (exact) mass is 193 g/mol. The van der Waals surface area contributed by atoms with E-state index in [0.29, 0.717) is 17.1 Å². The van der Waals surface area contributed by atoms with E-state index in [1.54, 1.807) is 24.3 Å². The Hall–Kier alpha value is -1.73. The molecule has 0 saturated carbocycles. The molecule has 0 radical (unpaired) electrons. The fraction of sp³-hybridized carbons (Fsp3) is 0.300. The van der Waals surface area contributed by atoms with Gasteiger partial charge in [-0.25, -0.2) is 0 Å². The molecular formula is C10H11NO3. The van der Waals surface area contributed by atoms with Crippen molar-refractivity contribution in [1.29, 1.82) is 5.26 Å². The van der Waals surface area contributed by atoms with E-state index >= 15 is 0 Å². The predicted molar refractivity (Wildman–Crippen MR) is 50.1 cm³/mol. The summed E-state index contributed by atoms with van der Waals surface area (Å²) in [6.07, 6.45) is -1.15. The molecule has 0 fully saturated rings. The fourth-order valence-electron chi connectivity index (χ4n) is 1.06. The fourth-order valence-corrected chi connectivity index (χ4v) is 1.06. The summed E-state index contributed by atoms with van der Waals surface area (Å²) in [5, 5.41) is 17.8. The zero-order valence-corrected chi connectivity index (χ0v) is 8.02. The van der Waals surface area contributed by atoms with E-state index < -0.39 is 6.10 Å². The Bertz CT molecular complexity index is 335. The molecule has 0 aliphatic rings. The summed E-state index contributed by atoms with van der Waals surface area (Å²) in [5.41, 5.74) is 0.462. The molecule has 0 amide bonds. The van der Waals surface area contributed by atoms with Gasteiger partial charge in [0.25, 0.3) is 0 Å². The third kappa shape index (κ3) is 2.15. The van der Waals surface area contributed by atoms with Gasteiger partial charge in [0.15, 0.2) is 6.10 Å². The van der Waals surface area contributed by atoms with E-state index in [1.165, 1.54) is 14.2 Å². The van der Waals surface area contributed by atoms with E-state index in [9.17, 15) is 5.11 Å². The number of nitriles is 1. The molecule has 14 heavy (non-hydrogen) atoms. The first-order chi connectivity index (χ1) is 6.71. The first-order valence-corrected chi connectivity index (χ1v) is 4.02. The Morgan fingerprint density at radius 3 is 2.07 bits per heavy atom. The third-order valence-corrected chi connectivity index (χ3v) is 1.81. The van der Waals surface area contributed by atoms with Crippen molar-refractivity contribution in [3.8, 4) is 17.6 Å². The van der Waals surface area contributed by atoms with Crippen molar-refractivity contribution in [1.82, 2.24) is 0 Å². The number of rotatable bonds is 3. The van der Waals surface area contributed by atoms with Crippen LogP contribution in [0.4, 0.5) is 0 Å². The lowest BCUT2D eigenvalue weighted by Crippen LogP contribution is -1.96. The molecule has 1 unspecified atom stereocenters. The van der Waals surface area contributed by atoms with E-state index in [1.807, 2.05) is 0 Å². The molecule has 4 heteroatoms. The maximum absolute atomic E-state index is 9.30. The lowest BCUT2D eigenvalue weighted by Gasteiger charge is -2.08. The first-order valence-electron chi connectivity index (χ1n) is 4.02. The quantitative estimate of drug-likeness (QED) is 0.734. The molecule has 74 valence electrons. The number of aliphatic hydroxyl groups is 1. The van der Waals surface area contributed by atoms with Crippen LogP contribution in [0.5, 0.6) is 11.5 Å². The maximum atomic E-state index is 9.30. The molecule has 0 aliphatic carbocycles. The Morgan fingerprint density at radius 1 is 1.21 bits per heavy atom. The molecule has 0 bridgehead atoms. The highest BCUT2D eigenvalue weighted by Gasteiger charge is 2.09. The lowest BCUT2D eigenvalue weighted by atomic mass is 10.1. The van der Waals surface area contributed by atoms with Crippen LogP contribution in [0.25, 0.3) is 0 Å². The molecule has 0 aromatic heterocycles. The van der Waals surface area contributed by atoms with Crippen molar-refractivity contribution < 1.29 is 14.6 Å². The second-order valence-electron chi connectivity index (χ2n) is 2.68. The number of hydrogen-bond acceptors (Lipinski definition) is 4. The predicted octanol–water partition coefficient (Wildman–Crippen LogP) is 1.26. The smallest absolute Gasteiger partial charge is 0.166 e. The Labute approximate surface area is 82.3 Å². The van der Waals surface area contributed by atoms with E-state index in [4.69, 9.17) is 14.7 Å². The topological polar surface area (TPSA) is 62.5 Å². The summed E-state index contributed by atoms with van der Waals surface area (Å²) < 4.78 is 9.98. The first kappa shape index (κ1) is 10.4. The van der Waals surface area contributed by atoms with Crippen molar-refractivity contribution >= 4 is 0 Å². The summed E-state index contributed by atoms with van der Waals surface area (Å²) in [6, 6.07) is 6.59. The largest absolute Gasteiger partial charge is 0.497 e. The van der Waals surface area contributed by atoms with Crippen molar-refractivity contribution in [2.45, 2.75) is 6.10 Å². The molecule has 0 saturated heterocycles. The second-order valence-corrected chi connectivity index (χ2v) is 2.68. The molecular weight excluding hydrogens is 182 g/mol. The van der Waals surface area contributed by atoms with Gasteiger partial charge in [0.2, 0.25) is 0 Å². The maximum Gasteiger partial charge on any atom is 0.166 e. The van der Waals surface area contributed by atoms with Gasteiger partial charge in [-0.2, -0.15) is 5.26 Å². The van der Waals surface area contributed by atoms with Gasteiger partial charge >= 0.3 is 0 Å². The molecule has 1 aromatic rings. The van der Waals surface area contributed by atoms with Crippen LogP contribution in [0, 0.1) is 11.3 Å². The molecule has 0 aliphatic heterocycles. The van der Waals surface area contributed by atoms with E-state index in [-0.39, 0.29) is 0 Å². The van der Waals surface area contributed by atoms with Crippen molar-refractivity contribution in [2.24, 2.45) is 0 Å². The minimum atomic E-state index is -1.15. The molecule has 1 rings (SSSR count). The normalized spacial score (nSPS) is 11.6. The van der Waals surface area contributed by atoms with Gasteiger partial charge in [-0.1, -0.05) is 0 Å². The minimum absolute atomic E-state index is 0.462. The molecule has 4 nitrogen and oxygen atoms in total. The summed E-state index contributed by atoms with van der Waals surface area (Å²) in [6.45, 7) is 0. The van der Waals surface area contributed by atoms with E-state index in [2.05, 4.69) is 0 Å². The van der Waals surface area contributed by atoms with Crippen LogP contribution < -0.4 is 9.47 Å². The van der Waals surface area contributed by atoms with Crippen LogP contribution in [0.2, 0.25) is 0 Å². The Balaban J connectivity index is 3.12. The van der Waals surface area contributed by atoms with Crippen LogP contribution >= 0.6 is 0 Å². The highest BCUT2D eigenvalue weighted by Crippen LogP contribution is 2.25. The van der Waals surface area contributed by atoms with Crippen molar-refractivity contribution in [3.05, 3.63) is 23.8 Å². The number of hydrogen-bond donors (Lipinski definition) is 1. The number of aliphatic hydroxyl groups excluding tert-OH is 1. The van der Waals surface area contributed by atoms with Crippen LogP contribution in [0.3, 0.4) is 0 Å². The van der Waals surface area contributed by atoms with Crippen LogP contribution in [0.1, 0.15) is 11.7 Å². The summed E-state index contributed by atoms with van der Waals surface area (Å²) in [7, 11) is 3.02. The standard InChI is InChI=1S/C10H11NO3/c1-13-8-3-7(10(12)6-11)4-9(5-8)14-2/h3-5,10,12H,1-2H3. The number of methoxy groups -OCH3 is 2. The lowest BCUT2D eigenvalue weighted by molar-refractivity contribution is 0.234. The zero-order valence-electron chi connectivity index (χ0n) is 8.02. The Kier molecular flexibility index (Phi) is 3.32.